The predicted octanol–water partition coefficient (Wildman–Crippen LogP) is 1.99. The van der Waals surface area contributed by atoms with Crippen molar-refractivity contribution in [3.8, 4) is 0 Å². The summed E-state index contributed by atoms with van der Waals surface area (Å²) in [5.41, 5.74) is 1.33. The van der Waals surface area contributed by atoms with Crippen molar-refractivity contribution in [2.24, 2.45) is 5.92 Å². The molecule has 2 heterocycles. The molecule has 2 fully saturated rings. The van der Waals surface area contributed by atoms with Gasteiger partial charge in [0.25, 0.3) is 0 Å². The fourth-order valence-corrected chi connectivity index (χ4v) is 3.91. The van der Waals surface area contributed by atoms with E-state index in [1.807, 2.05) is 6.07 Å². The van der Waals surface area contributed by atoms with Gasteiger partial charge in [0.2, 0.25) is 5.91 Å². The maximum Gasteiger partial charge on any atom is 0.305 e. The van der Waals surface area contributed by atoms with E-state index in [0.29, 0.717) is 32.1 Å². The zero-order chi connectivity index (χ0) is 18.4. The van der Waals surface area contributed by atoms with E-state index in [2.05, 4.69) is 29.2 Å². The van der Waals surface area contributed by atoms with E-state index in [1.165, 1.54) is 5.56 Å². The largest absolute Gasteiger partial charge is 0.481 e. The molecule has 2 aliphatic heterocycles. The van der Waals surface area contributed by atoms with E-state index >= 15 is 0 Å². The maximum absolute atomic E-state index is 12.7. The zero-order valence-electron chi connectivity index (χ0n) is 15.2. The monoisotopic (exact) mass is 360 g/mol. The van der Waals surface area contributed by atoms with Gasteiger partial charge in [-0.15, -0.1) is 0 Å². The molecule has 0 bridgehead atoms. The molecular formula is C20H28N2O4. The standard InChI is InChI=1S/C20H28N2O4/c23-19(22-10-11-26-15-18(22)13-20(24)25)12-16-6-8-21(9-7-16)14-17-4-2-1-3-5-17/h1-5,16,18H,6-15H2,(H,24,25). The van der Waals surface area contributed by atoms with Gasteiger partial charge in [0.05, 0.1) is 25.7 Å². The highest BCUT2D eigenvalue weighted by atomic mass is 16.5. The lowest BCUT2D eigenvalue weighted by Gasteiger charge is -2.37. The van der Waals surface area contributed by atoms with Crippen molar-refractivity contribution >= 4 is 11.9 Å². The zero-order valence-corrected chi connectivity index (χ0v) is 15.2. The van der Waals surface area contributed by atoms with Crippen molar-refractivity contribution in [1.29, 1.82) is 0 Å². The first-order valence-corrected chi connectivity index (χ1v) is 9.47. The lowest BCUT2D eigenvalue weighted by atomic mass is 9.92. The molecule has 1 atom stereocenters. The molecule has 3 rings (SSSR count). The number of rotatable bonds is 6. The SMILES string of the molecule is O=C(O)CC1COCCN1C(=O)CC1CCN(Cc2ccccc2)CC1. The van der Waals surface area contributed by atoms with Gasteiger partial charge in [-0.1, -0.05) is 30.3 Å². The first kappa shape index (κ1) is 18.9. The van der Waals surface area contributed by atoms with Crippen LogP contribution in [0.1, 0.15) is 31.2 Å². The summed E-state index contributed by atoms with van der Waals surface area (Å²) in [5, 5.41) is 9.04. The van der Waals surface area contributed by atoms with Crippen LogP contribution in [-0.4, -0.2) is 65.7 Å². The highest BCUT2D eigenvalue weighted by Gasteiger charge is 2.31. The second kappa shape index (κ2) is 9.14. The molecule has 26 heavy (non-hydrogen) atoms. The fraction of sp³-hybridized carbons (Fsp3) is 0.600. The number of carboxylic acids is 1. The van der Waals surface area contributed by atoms with E-state index in [0.717, 1.165) is 32.5 Å². The van der Waals surface area contributed by atoms with Crippen LogP contribution in [0.15, 0.2) is 30.3 Å². The summed E-state index contributed by atoms with van der Waals surface area (Å²) in [4.78, 5) is 27.9. The molecule has 142 valence electrons. The Kier molecular flexibility index (Phi) is 6.63. The molecule has 0 saturated carbocycles. The molecule has 1 unspecified atom stereocenters. The number of carboxylic acid groups (broad SMARTS) is 1. The van der Waals surface area contributed by atoms with Gasteiger partial charge in [0, 0.05) is 19.5 Å². The Hall–Kier alpha value is -1.92. The summed E-state index contributed by atoms with van der Waals surface area (Å²) in [7, 11) is 0. The number of nitrogens with zero attached hydrogens (tertiary/aromatic N) is 2. The second-order valence-corrected chi connectivity index (χ2v) is 7.32. The van der Waals surface area contributed by atoms with Gasteiger partial charge in [-0.25, -0.2) is 0 Å². The number of hydrogen-bond donors (Lipinski definition) is 1. The molecule has 1 N–H and O–H groups in total. The third-order valence-electron chi connectivity index (χ3n) is 5.38. The minimum atomic E-state index is -0.882. The summed E-state index contributed by atoms with van der Waals surface area (Å²) in [6.07, 6.45) is 2.52. The lowest BCUT2D eigenvalue weighted by Crippen LogP contribution is -2.50. The smallest absolute Gasteiger partial charge is 0.305 e. The van der Waals surface area contributed by atoms with Gasteiger partial charge >= 0.3 is 5.97 Å². The Balaban J connectivity index is 1.46. The Bertz CT molecular complexity index is 599. The van der Waals surface area contributed by atoms with Crippen LogP contribution in [0.4, 0.5) is 0 Å². The number of likely N-dealkylation sites (tertiary alicyclic amines) is 1. The van der Waals surface area contributed by atoms with Gasteiger partial charge in [-0.05, 0) is 37.4 Å². The Morgan fingerprint density at radius 1 is 1.08 bits per heavy atom. The van der Waals surface area contributed by atoms with Crippen molar-refractivity contribution < 1.29 is 19.4 Å². The first-order valence-electron chi connectivity index (χ1n) is 9.47. The van der Waals surface area contributed by atoms with Crippen molar-refractivity contribution in [2.45, 2.75) is 38.3 Å². The average molecular weight is 360 g/mol. The number of amides is 1. The number of aliphatic carboxylic acids is 1. The quantitative estimate of drug-likeness (QED) is 0.840. The molecule has 1 amide bonds. The summed E-state index contributed by atoms with van der Waals surface area (Å²) in [6, 6.07) is 10.1. The van der Waals surface area contributed by atoms with Gasteiger partial charge in [0.15, 0.2) is 0 Å². The van der Waals surface area contributed by atoms with Crippen LogP contribution in [0, 0.1) is 5.92 Å². The van der Waals surface area contributed by atoms with Crippen molar-refractivity contribution in [2.75, 3.05) is 32.8 Å². The first-order chi connectivity index (χ1) is 12.6. The second-order valence-electron chi connectivity index (χ2n) is 7.32. The highest BCUT2D eigenvalue weighted by Crippen LogP contribution is 2.24. The molecule has 0 radical (unpaired) electrons. The fourth-order valence-electron chi connectivity index (χ4n) is 3.91. The van der Waals surface area contributed by atoms with Crippen molar-refractivity contribution in [3.63, 3.8) is 0 Å². The third-order valence-corrected chi connectivity index (χ3v) is 5.38. The molecule has 0 aliphatic carbocycles. The van der Waals surface area contributed by atoms with Gasteiger partial charge < -0.3 is 14.7 Å². The van der Waals surface area contributed by atoms with Crippen LogP contribution in [0.25, 0.3) is 0 Å². The van der Waals surface area contributed by atoms with E-state index in [1.54, 1.807) is 4.90 Å². The normalized spacial score (nSPS) is 22.3. The Morgan fingerprint density at radius 2 is 1.81 bits per heavy atom. The Morgan fingerprint density at radius 3 is 2.50 bits per heavy atom. The van der Waals surface area contributed by atoms with Crippen LogP contribution >= 0.6 is 0 Å². The predicted molar refractivity (Wildman–Crippen MR) is 97.6 cm³/mol. The Labute approximate surface area is 154 Å². The summed E-state index contributed by atoms with van der Waals surface area (Å²) in [6.45, 7) is 4.31. The lowest BCUT2D eigenvalue weighted by molar-refractivity contribution is -0.147. The van der Waals surface area contributed by atoms with Crippen LogP contribution in [0.2, 0.25) is 0 Å². The summed E-state index contributed by atoms with van der Waals surface area (Å²) < 4.78 is 5.36. The molecule has 1 aromatic carbocycles. The number of hydrogen-bond acceptors (Lipinski definition) is 4. The maximum atomic E-state index is 12.7. The van der Waals surface area contributed by atoms with Crippen LogP contribution < -0.4 is 0 Å². The number of morpholine rings is 1. The number of carbonyl (C=O) groups is 2. The molecule has 0 aromatic heterocycles. The molecule has 6 nitrogen and oxygen atoms in total. The average Bonchev–Trinajstić information content (AvgIpc) is 2.64. The number of piperidine rings is 1. The summed E-state index contributed by atoms with van der Waals surface area (Å²) >= 11 is 0. The number of ether oxygens (including phenoxy) is 1. The molecular weight excluding hydrogens is 332 g/mol. The number of benzene rings is 1. The van der Waals surface area contributed by atoms with Gasteiger partial charge in [-0.2, -0.15) is 0 Å². The number of carbonyl (C=O) groups excluding carboxylic acids is 1. The minimum absolute atomic E-state index is 0.0404. The van der Waals surface area contributed by atoms with Crippen LogP contribution in [-0.2, 0) is 20.9 Å². The molecule has 6 heteroatoms. The van der Waals surface area contributed by atoms with E-state index in [4.69, 9.17) is 9.84 Å². The summed E-state index contributed by atoms with van der Waals surface area (Å²) in [5.74, 6) is -0.406. The minimum Gasteiger partial charge on any atom is -0.481 e. The van der Waals surface area contributed by atoms with Crippen molar-refractivity contribution in [1.82, 2.24) is 9.80 Å². The van der Waals surface area contributed by atoms with E-state index < -0.39 is 5.97 Å². The van der Waals surface area contributed by atoms with Crippen LogP contribution in [0.3, 0.4) is 0 Å². The molecule has 0 spiro atoms. The van der Waals surface area contributed by atoms with Crippen molar-refractivity contribution in [3.05, 3.63) is 35.9 Å². The molecule has 2 aliphatic rings. The van der Waals surface area contributed by atoms with Gasteiger partial charge in [0.1, 0.15) is 0 Å². The van der Waals surface area contributed by atoms with E-state index in [-0.39, 0.29) is 18.4 Å². The molecule has 2 saturated heterocycles. The highest BCUT2D eigenvalue weighted by molar-refractivity contribution is 5.78. The topological polar surface area (TPSA) is 70.1 Å². The van der Waals surface area contributed by atoms with Gasteiger partial charge in [-0.3, -0.25) is 14.5 Å². The third kappa shape index (κ3) is 5.29. The van der Waals surface area contributed by atoms with E-state index in [9.17, 15) is 9.59 Å². The van der Waals surface area contributed by atoms with Crippen LogP contribution in [0.5, 0.6) is 0 Å². The molecule has 1 aromatic rings.